The Labute approximate surface area is 194 Å². The van der Waals surface area contributed by atoms with E-state index in [0.29, 0.717) is 30.0 Å². The van der Waals surface area contributed by atoms with E-state index in [4.69, 9.17) is 4.74 Å². The second kappa shape index (κ2) is 10.1. The number of aromatic carboxylic acids is 1. The maximum atomic E-state index is 13.1. The number of pyridine rings is 1. The molecular weight excluding hydrogens is 438 g/mol. The highest BCUT2D eigenvalue weighted by molar-refractivity contribution is 7.17. The van der Waals surface area contributed by atoms with E-state index in [1.807, 2.05) is 55.5 Å². The predicted molar refractivity (Wildman–Crippen MR) is 127 cm³/mol. The number of nitrogens with zero attached hydrogens (tertiary/aromatic N) is 2. The first-order valence-electron chi connectivity index (χ1n) is 10.3. The smallest absolute Gasteiger partial charge is 0.347 e. The molecule has 7 nitrogen and oxygen atoms in total. The molecule has 0 aliphatic heterocycles. The molecule has 0 atom stereocenters. The molecule has 1 amide bonds. The van der Waals surface area contributed by atoms with Crippen LogP contribution >= 0.6 is 11.3 Å². The highest BCUT2D eigenvalue weighted by Gasteiger charge is 2.19. The van der Waals surface area contributed by atoms with Gasteiger partial charge in [0.1, 0.15) is 17.2 Å². The Balaban J connectivity index is 1.62. The fourth-order valence-corrected chi connectivity index (χ4v) is 4.20. The van der Waals surface area contributed by atoms with Gasteiger partial charge in [-0.1, -0.05) is 54.7 Å². The van der Waals surface area contributed by atoms with Crippen LogP contribution in [0.3, 0.4) is 0 Å². The van der Waals surface area contributed by atoms with Crippen molar-refractivity contribution in [3.05, 3.63) is 94.8 Å². The van der Waals surface area contributed by atoms with Gasteiger partial charge >= 0.3 is 5.97 Å². The van der Waals surface area contributed by atoms with E-state index in [2.05, 4.69) is 15.3 Å². The molecule has 33 heavy (non-hydrogen) atoms. The number of carbonyl (C=O) groups excluding carboxylic acids is 1. The molecule has 0 radical (unpaired) electrons. The van der Waals surface area contributed by atoms with Crippen molar-refractivity contribution in [2.24, 2.45) is 0 Å². The molecule has 0 aliphatic carbocycles. The average Bonchev–Trinajstić information content (AvgIpc) is 3.27. The van der Waals surface area contributed by atoms with Crippen LogP contribution in [0.5, 0.6) is 5.75 Å². The Morgan fingerprint density at radius 3 is 2.58 bits per heavy atom. The number of carboxylic acid groups (broad SMARTS) is 1. The summed E-state index contributed by atoms with van der Waals surface area (Å²) in [6, 6.07) is 18.7. The SMILES string of the molecule is CCc1nc(NC(=O)c2ccc(COc3cccnc3)cc2-c2ccccc2)sc1C(=O)O. The molecule has 0 bridgehead atoms. The molecule has 0 fully saturated rings. The minimum Gasteiger partial charge on any atom is -0.487 e. The number of amides is 1. The molecule has 4 rings (SSSR count). The van der Waals surface area contributed by atoms with Gasteiger partial charge in [-0.2, -0.15) is 0 Å². The summed E-state index contributed by atoms with van der Waals surface area (Å²) >= 11 is 0.957. The van der Waals surface area contributed by atoms with Gasteiger partial charge in [0, 0.05) is 11.8 Å². The van der Waals surface area contributed by atoms with Gasteiger partial charge in [-0.15, -0.1) is 0 Å². The van der Waals surface area contributed by atoms with Crippen LogP contribution in [-0.4, -0.2) is 27.0 Å². The number of aryl methyl sites for hydroxylation is 1. The summed E-state index contributed by atoms with van der Waals surface area (Å²) in [5.74, 6) is -0.750. The van der Waals surface area contributed by atoms with Crippen molar-refractivity contribution in [1.29, 1.82) is 0 Å². The topological polar surface area (TPSA) is 101 Å². The van der Waals surface area contributed by atoms with E-state index in [1.54, 1.807) is 24.5 Å². The fraction of sp³-hybridized carbons (Fsp3) is 0.120. The van der Waals surface area contributed by atoms with Crippen molar-refractivity contribution in [3.63, 3.8) is 0 Å². The van der Waals surface area contributed by atoms with Crippen molar-refractivity contribution in [3.8, 4) is 16.9 Å². The molecule has 2 heterocycles. The van der Waals surface area contributed by atoms with Gasteiger partial charge < -0.3 is 9.84 Å². The van der Waals surface area contributed by atoms with Crippen molar-refractivity contribution < 1.29 is 19.4 Å². The van der Waals surface area contributed by atoms with Crippen molar-refractivity contribution in [1.82, 2.24) is 9.97 Å². The fourth-order valence-electron chi connectivity index (χ4n) is 3.31. The van der Waals surface area contributed by atoms with Gasteiger partial charge in [0.25, 0.3) is 5.91 Å². The second-order valence-corrected chi connectivity index (χ2v) is 8.13. The summed E-state index contributed by atoms with van der Waals surface area (Å²) < 4.78 is 5.80. The number of ether oxygens (including phenoxy) is 1. The zero-order valence-corrected chi connectivity index (χ0v) is 18.6. The third-order valence-electron chi connectivity index (χ3n) is 4.90. The van der Waals surface area contributed by atoms with Crippen LogP contribution in [0.1, 0.15) is 38.2 Å². The number of carbonyl (C=O) groups is 2. The first-order chi connectivity index (χ1) is 16.0. The monoisotopic (exact) mass is 459 g/mol. The van der Waals surface area contributed by atoms with Gasteiger partial charge in [0.2, 0.25) is 0 Å². The summed E-state index contributed by atoms with van der Waals surface area (Å²) in [6.45, 7) is 2.15. The van der Waals surface area contributed by atoms with Crippen LogP contribution in [0.25, 0.3) is 11.1 Å². The van der Waals surface area contributed by atoms with Gasteiger partial charge in [-0.05, 0) is 47.4 Å². The number of carboxylic acids is 1. The summed E-state index contributed by atoms with van der Waals surface area (Å²) in [5, 5.41) is 12.4. The Bertz CT molecular complexity index is 1270. The van der Waals surface area contributed by atoms with Crippen LogP contribution < -0.4 is 10.1 Å². The lowest BCUT2D eigenvalue weighted by atomic mass is 9.97. The Morgan fingerprint density at radius 2 is 1.91 bits per heavy atom. The Kier molecular flexibility index (Phi) is 6.75. The quantitative estimate of drug-likeness (QED) is 0.371. The standard InChI is InChI=1S/C25H21N3O4S/c1-2-21-22(24(30)31)33-25(27-21)28-23(29)19-11-10-16(15-32-18-9-6-12-26-14-18)13-20(19)17-7-4-3-5-8-17/h3-14H,2,15H2,1H3,(H,30,31)(H,27,28,29). The zero-order valence-electron chi connectivity index (χ0n) is 17.8. The molecule has 2 aromatic carbocycles. The Hall–Kier alpha value is -4.04. The highest BCUT2D eigenvalue weighted by Crippen LogP contribution is 2.28. The number of rotatable bonds is 8. The maximum absolute atomic E-state index is 13.1. The summed E-state index contributed by atoms with van der Waals surface area (Å²) in [7, 11) is 0. The lowest BCUT2D eigenvalue weighted by molar-refractivity contribution is 0.0700. The summed E-state index contributed by atoms with van der Waals surface area (Å²) in [6.07, 6.45) is 3.79. The molecule has 0 unspecified atom stereocenters. The number of anilines is 1. The number of nitrogens with one attached hydrogen (secondary N) is 1. The molecule has 0 spiro atoms. The molecule has 0 saturated heterocycles. The van der Waals surface area contributed by atoms with Gasteiger partial charge in [-0.3, -0.25) is 15.1 Å². The molecule has 0 aliphatic rings. The van der Waals surface area contributed by atoms with Gasteiger partial charge in [0.15, 0.2) is 5.13 Å². The summed E-state index contributed by atoms with van der Waals surface area (Å²) in [4.78, 5) is 33.0. The van der Waals surface area contributed by atoms with Crippen LogP contribution in [-0.2, 0) is 13.0 Å². The number of hydrogen-bond acceptors (Lipinski definition) is 6. The molecule has 8 heteroatoms. The van der Waals surface area contributed by atoms with Crippen LogP contribution in [0, 0.1) is 0 Å². The third kappa shape index (κ3) is 5.24. The van der Waals surface area contributed by atoms with E-state index in [-0.39, 0.29) is 15.9 Å². The highest BCUT2D eigenvalue weighted by atomic mass is 32.1. The van der Waals surface area contributed by atoms with E-state index in [0.717, 1.165) is 28.0 Å². The van der Waals surface area contributed by atoms with Crippen molar-refractivity contribution in [2.75, 3.05) is 5.32 Å². The van der Waals surface area contributed by atoms with Gasteiger partial charge in [0.05, 0.1) is 11.9 Å². The van der Waals surface area contributed by atoms with Crippen LogP contribution in [0.2, 0.25) is 0 Å². The number of benzene rings is 2. The number of thiazole rings is 1. The molecule has 2 aromatic heterocycles. The lowest BCUT2D eigenvalue weighted by Crippen LogP contribution is -2.13. The van der Waals surface area contributed by atoms with Crippen LogP contribution in [0.4, 0.5) is 5.13 Å². The zero-order chi connectivity index (χ0) is 23.2. The first-order valence-corrected chi connectivity index (χ1v) is 11.1. The maximum Gasteiger partial charge on any atom is 0.347 e. The average molecular weight is 460 g/mol. The molecule has 2 N–H and O–H groups in total. The van der Waals surface area contributed by atoms with E-state index >= 15 is 0 Å². The summed E-state index contributed by atoms with van der Waals surface area (Å²) in [5.41, 5.74) is 3.42. The number of hydrogen-bond donors (Lipinski definition) is 2. The Morgan fingerprint density at radius 1 is 1.09 bits per heavy atom. The molecular formula is C25H21N3O4S. The first kappa shape index (κ1) is 22.2. The minimum absolute atomic E-state index is 0.138. The predicted octanol–water partition coefficient (Wildman–Crippen LogP) is 5.30. The van der Waals surface area contributed by atoms with Crippen molar-refractivity contribution >= 4 is 28.3 Å². The normalized spacial score (nSPS) is 10.6. The van der Waals surface area contributed by atoms with Gasteiger partial charge in [-0.25, -0.2) is 9.78 Å². The van der Waals surface area contributed by atoms with Crippen molar-refractivity contribution in [2.45, 2.75) is 20.0 Å². The molecule has 0 saturated carbocycles. The molecule has 4 aromatic rings. The third-order valence-corrected chi connectivity index (χ3v) is 5.90. The molecule has 166 valence electrons. The van der Waals surface area contributed by atoms with E-state index in [1.165, 1.54) is 0 Å². The minimum atomic E-state index is -1.05. The second-order valence-electron chi connectivity index (χ2n) is 7.13. The van der Waals surface area contributed by atoms with Crippen LogP contribution in [0.15, 0.2) is 73.1 Å². The largest absolute Gasteiger partial charge is 0.487 e. The van der Waals surface area contributed by atoms with E-state index < -0.39 is 5.97 Å². The van der Waals surface area contributed by atoms with E-state index in [9.17, 15) is 14.7 Å². The number of aromatic nitrogens is 2. The lowest BCUT2D eigenvalue weighted by Gasteiger charge is -2.13.